The van der Waals surface area contributed by atoms with Crippen molar-refractivity contribution in [2.45, 2.75) is 27.2 Å². The van der Waals surface area contributed by atoms with Crippen LogP contribution in [0.5, 0.6) is 0 Å². The lowest BCUT2D eigenvalue weighted by Crippen LogP contribution is -2.23. The lowest BCUT2D eigenvalue weighted by Gasteiger charge is -2.11. The molecule has 1 unspecified atom stereocenters. The van der Waals surface area contributed by atoms with Crippen molar-refractivity contribution >= 4 is 21.8 Å². The highest BCUT2D eigenvalue weighted by Gasteiger charge is 2.20. The predicted octanol–water partition coefficient (Wildman–Crippen LogP) is 3.78. The number of rotatable bonds is 3. The van der Waals surface area contributed by atoms with Crippen molar-refractivity contribution in [1.29, 1.82) is 0 Å². The van der Waals surface area contributed by atoms with Gasteiger partial charge in [0.25, 0.3) is 0 Å². The number of aromatic nitrogens is 2. The fraction of sp³-hybridized carbons (Fsp3) is 0.333. The van der Waals surface area contributed by atoms with E-state index in [2.05, 4.69) is 21.0 Å². The van der Waals surface area contributed by atoms with Gasteiger partial charge < -0.3 is 0 Å². The van der Waals surface area contributed by atoms with Gasteiger partial charge in [0.05, 0.1) is 15.9 Å². The number of benzene rings is 1. The Morgan fingerprint density at radius 3 is 2.47 bits per heavy atom. The number of hydrogen-bond donors (Lipinski definition) is 0. The van der Waals surface area contributed by atoms with Crippen molar-refractivity contribution in [1.82, 2.24) is 9.78 Å². The summed E-state index contributed by atoms with van der Waals surface area (Å²) in [6.45, 7) is 5.74. The summed E-state index contributed by atoms with van der Waals surface area (Å²) in [4.78, 5) is 12.4. The smallest absolute Gasteiger partial charge is 0.250 e. The third-order valence-electron chi connectivity index (χ3n) is 3.22. The van der Waals surface area contributed by atoms with Gasteiger partial charge in [-0.1, -0.05) is 37.3 Å². The van der Waals surface area contributed by atoms with Crippen LogP contribution in [0.1, 0.15) is 28.7 Å². The average molecular weight is 321 g/mol. The molecule has 0 saturated heterocycles. The Morgan fingerprint density at radius 1 is 1.32 bits per heavy atom. The minimum absolute atomic E-state index is 0.0372. The zero-order chi connectivity index (χ0) is 14.0. The van der Waals surface area contributed by atoms with Crippen LogP contribution in [-0.4, -0.2) is 15.7 Å². The summed E-state index contributed by atoms with van der Waals surface area (Å²) < 4.78 is 2.42. The summed E-state index contributed by atoms with van der Waals surface area (Å²) in [5.41, 5.74) is 2.88. The van der Waals surface area contributed by atoms with E-state index in [0.29, 0.717) is 0 Å². The van der Waals surface area contributed by atoms with Crippen molar-refractivity contribution in [3.8, 4) is 0 Å². The zero-order valence-corrected chi connectivity index (χ0v) is 12.9. The average Bonchev–Trinajstić information content (AvgIpc) is 2.67. The quantitative estimate of drug-likeness (QED) is 0.862. The van der Waals surface area contributed by atoms with Gasteiger partial charge >= 0.3 is 0 Å². The van der Waals surface area contributed by atoms with E-state index >= 15 is 0 Å². The topological polar surface area (TPSA) is 34.9 Å². The van der Waals surface area contributed by atoms with Crippen LogP contribution in [-0.2, 0) is 6.42 Å². The Morgan fingerprint density at radius 2 is 1.95 bits per heavy atom. The van der Waals surface area contributed by atoms with Gasteiger partial charge in [-0.15, -0.1) is 0 Å². The summed E-state index contributed by atoms with van der Waals surface area (Å²) in [5.74, 6) is -0.0533. The molecule has 4 heteroatoms. The number of nitrogens with zero attached hydrogens (tertiary/aromatic N) is 2. The van der Waals surface area contributed by atoms with Gasteiger partial charge in [-0.05, 0) is 41.8 Å². The highest BCUT2D eigenvalue weighted by atomic mass is 79.9. The first-order chi connectivity index (χ1) is 9.00. The first-order valence-electron chi connectivity index (χ1n) is 6.30. The Labute approximate surface area is 121 Å². The molecule has 2 aromatic rings. The maximum Gasteiger partial charge on any atom is 0.250 e. The van der Waals surface area contributed by atoms with Gasteiger partial charge in [0, 0.05) is 5.92 Å². The minimum Gasteiger partial charge on any atom is -0.272 e. The molecule has 0 bridgehead atoms. The molecule has 0 N–H and O–H groups in total. The number of halogens is 1. The summed E-state index contributed by atoms with van der Waals surface area (Å²) in [6.07, 6.45) is 0.732. The third-order valence-corrected chi connectivity index (χ3v) is 4.37. The van der Waals surface area contributed by atoms with Gasteiger partial charge in [0.1, 0.15) is 0 Å². The van der Waals surface area contributed by atoms with Gasteiger partial charge in [-0.25, -0.2) is 4.68 Å². The first-order valence-corrected chi connectivity index (χ1v) is 7.10. The van der Waals surface area contributed by atoms with Crippen LogP contribution in [0, 0.1) is 19.8 Å². The van der Waals surface area contributed by atoms with Crippen LogP contribution < -0.4 is 0 Å². The molecular weight excluding hydrogens is 304 g/mol. The number of aryl methyl sites for hydroxylation is 1. The third kappa shape index (κ3) is 2.95. The van der Waals surface area contributed by atoms with Crippen molar-refractivity contribution < 1.29 is 4.79 Å². The molecule has 19 heavy (non-hydrogen) atoms. The van der Waals surface area contributed by atoms with Crippen LogP contribution in [0.25, 0.3) is 0 Å². The molecule has 0 spiro atoms. The summed E-state index contributed by atoms with van der Waals surface area (Å²) >= 11 is 3.45. The molecule has 1 aromatic carbocycles. The van der Waals surface area contributed by atoms with Crippen molar-refractivity contribution in [2.75, 3.05) is 0 Å². The second kappa shape index (κ2) is 5.70. The van der Waals surface area contributed by atoms with E-state index in [0.717, 1.165) is 22.3 Å². The van der Waals surface area contributed by atoms with E-state index in [4.69, 9.17) is 0 Å². The highest BCUT2D eigenvalue weighted by molar-refractivity contribution is 9.10. The number of carbonyl (C=O) groups is 1. The van der Waals surface area contributed by atoms with E-state index in [9.17, 15) is 4.79 Å². The Kier molecular flexibility index (Phi) is 4.20. The van der Waals surface area contributed by atoms with Crippen molar-refractivity contribution in [2.24, 2.45) is 5.92 Å². The second-order valence-electron chi connectivity index (χ2n) is 4.83. The maximum atomic E-state index is 12.4. The minimum atomic E-state index is -0.0905. The van der Waals surface area contributed by atoms with Gasteiger partial charge in [0.2, 0.25) is 5.91 Å². The number of hydrogen-bond acceptors (Lipinski definition) is 2. The second-order valence-corrected chi connectivity index (χ2v) is 5.62. The monoisotopic (exact) mass is 320 g/mol. The molecule has 0 saturated carbocycles. The van der Waals surface area contributed by atoms with Crippen LogP contribution >= 0.6 is 15.9 Å². The molecule has 3 nitrogen and oxygen atoms in total. The fourth-order valence-electron chi connectivity index (χ4n) is 2.10. The zero-order valence-electron chi connectivity index (χ0n) is 11.4. The molecule has 100 valence electrons. The van der Waals surface area contributed by atoms with Crippen LogP contribution in [0.15, 0.2) is 34.8 Å². The molecule has 0 radical (unpaired) electrons. The van der Waals surface area contributed by atoms with Gasteiger partial charge in [-0.2, -0.15) is 5.10 Å². The van der Waals surface area contributed by atoms with E-state index in [1.807, 2.05) is 51.1 Å². The van der Waals surface area contributed by atoms with E-state index < -0.39 is 0 Å². The number of carbonyl (C=O) groups excluding carboxylic acids is 1. The normalized spacial score (nSPS) is 12.4. The lowest BCUT2D eigenvalue weighted by molar-refractivity contribution is 0.0824. The molecule has 0 aliphatic heterocycles. The largest absolute Gasteiger partial charge is 0.272 e. The highest BCUT2D eigenvalue weighted by Crippen LogP contribution is 2.21. The molecule has 0 aliphatic rings. The first kappa shape index (κ1) is 14.0. The Balaban J connectivity index is 2.17. The summed E-state index contributed by atoms with van der Waals surface area (Å²) in [5, 5.41) is 4.29. The molecule has 0 amide bonds. The Bertz CT molecular complexity index is 590. The van der Waals surface area contributed by atoms with Crippen LogP contribution in [0.2, 0.25) is 0 Å². The van der Waals surface area contributed by atoms with Gasteiger partial charge in [-0.3, -0.25) is 4.79 Å². The maximum absolute atomic E-state index is 12.4. The predicted molar refractivity (Wildman–Crippen MR) is 79.3 cm³/mol. The molecule has 1 atom stereocenters. The van der Waals surface area contributed by atoms with Crippen molar-refractivity contribution in [3.05, 3.63) is 51.8 Å². The van der Waals surface area contributed by atoms with Gasteiger partial charge in [0.15, 0.2) is 0 Å². The molecule has 0 fully saturated rings. The summed E-state index contributed by atoms with van der Waals surface area (Å²) in [6, 6.07) is 10.1. The molecule has 2 rings (SSSR count). The molecule has 1 aromatic heterocycles. The summed E-state index contributed by atoms with van der Waals surface area (Å²) in [7, 11) is 0. The molecular formula is C15H17BrN2O. The fourth-order valence-corrected chi connectivity index (χ4v) is 2.35. The van der Waals surface area contributed by atoms with E-state index in [-0.39, 0.29) is 11.8 Å². The van der Waals surface area contributed by atoms with Crippen LogP contribution in [0.3, 0.4) is 0 Å². The standard InChI is InChI=1S/C15H17BrN2O/c1-10(9-13-7-5-4-6-8-13)15(19)18-12(3)14(16)11(2)17-18/h4-8,10H,9H2,1-3H3. The van der Waals surface area contributed by atoms with E-state index in [1.54, 1.807) is 0 Å². The molecule has 1 heterocycles. The Hall–Kier alpha value is -1.42. The van der Waals surface area contributed by atoms with Crippen LogP contribution in [0.4, 0.5) is 0 Å². The SMILES string of the molecule is Cc1nn(C(=O)C(C)Cc2ccccc2)c(C)c1Br. The molecule has 0 aliphatic carbocycles. The van der Waals surface area contributed by atoms with E-state index in [1.165, 1.54) is 10.2 Å². The van der Waals surface area contributed by atoms with Crippen molar-refractivity contribution in [3.63, 3.8) is 0 Å². The lowest BCUT2D eigenvalue weighted by atomic mass is 10.0.